The van der Waals surface area contributed by atoms with Gasteiger partial charge in [-0.3, -0.25) is 9.59 Å². The standard InChI is InChI=1S/C19H23N3O4/c1-25-16-7-3-14(4-8-16)19(24)22-13-18(23)21-12-11-20-15-5-9-17(26-2)10-6-15/h3-10,20H,11-13H2,1-2H3,(H,21,23)(H,22,24). The first-order valence-electron chi connectivity index (χ1n) is 8.19. The van der Waals surface area contributed by atoms with Gasteiger partial charge in [0, 0.05) is 24.3 Å². The Balaban J connectivity index is 1.64. The van der Waals surface area contributed by atoms with Gasteiger partial charge >= 0.3 is 0 Å². The van der Waals surface area contributed by atoms with Crippen molar-refractivity contribution >= 4 is 17.5 Å². The molecule has 0 bridgehead atoms. The number of carbonyl (C=O) groups is 2. The van der Waals surface area contributed by atoms with Crippen molar-refractivity contribution in [2.45, 2.75) is 0 Å². The fourth-order valence-electron chi connectivity index (χ4n) is 2.19. The van der Waals surface area contributed by atoms with Crippen LogP contribution in [0.1, 0.15) is 10.4 Å². The zero-order valence-electron chi connectivity index (χ0n) is 14.9. The third kappa shape index (κ3) is 6.01. The van der Waals surface area contributed by atoms with Crippen molar-refractivity contribution in [2.75, 3.05) is 39.2 Å². The number of hydrogen-bond donors (Lipinski definition) is 3. The van der Waals surface area contributed by atoms with E-state index in [1.54, 1.807) is 38.5 Å². The summed E-state index contributed by atoms with van der Waals surface area (Å²) >= 11 is 0. The van der Waals surface area contributed by atoms with E-state index in [0.29, 0.717) is 24.4 Å². The Hall–Kier alpha value is -3.22. The molecule has 3 N–H and O–H groups in total. The summed E-state index contributed by atoms with van der Waals surface area (Å²) in [5.74, 6) is 0.905. The van der Waals surface area contributed by atoms with Crippen LogP contribution in [0.5, 0.6) is 11.5 Å². The predicted octanol–water partition coefficient (Wildman–Crippen LogP) is 1.66. The molecule has 0 fully saturated rings. The summed E-state index contributed by atoms with van der Waals surface area (Å²) in [6, 6.07) is 14.2. The second-order valence-corrected chi connectivity index (χ2v) is 5.42. The summed E-state index contributed by atoms with van der Waals surface area (Å²) < 4.78 is 10.1. The normalized spacial score (nSPS) is 9.92. The van der Waals surface area contributed by atoms with Crippen LogP contribution in [0.2, 0.25) is 0 Å². The molecule has 0 heterocycles. The van der Waals surface area contributed by atoms with Gasteiger partial charge in [0.1, 0.15) is 11.5 Å². The molecule has 7 nitrogen and oxygen atoms in total. The summed E-state index contributed by atoms with van der Waals surface area (Å²) in [7, 11) is 3.17. The molecule has 0 unspecified atom stereocenters. The highest BCUT2D eigenvalue weighted by molar-refractivity contribution is 5.96. The Morgan fingerprint density at radius 3 is 1.96 bits per heavy atom. The Labute approximate surface area is 152 Å². The molecule has 7 heteroatoms. The summed E-state index contributed by atoms with van der Waals surface area (Å²) in [5, 5.41) is 8.50. The molecule has 0 aliphatic carbocycles. The van der Waals surface area contributed by atoms with E-state index in [-0.39, 0.29) is 18.4 Å². The van der Waals surface area contributed by atoms with E-state index in [4.69, 9.17) is 9.47 Å². The lowest BCUT2D eigenvalue weighted by Gasteiger charge is -2.09. The van der Waals surface area contributed by atoms with Crippen molar-refractivity contribution in [3.05, 3.63) is 54.1 Å². The zero-order chi connectivity index (χ0) is 18.8. The molecule has 0 saturated heterocycles. The van der Waals surface area contributed by atoms with Crippen molar-refractivity contribution in [1.82, 2.24) is 10.6 Å². The Morgan fingerprint density at radius 2 is 1.38 bits per heavy atom. The van der Waals surface area contributed by atoms with Crippen molar-refractivity contribution in [2.24, 2.45) is 0 Å². The molecule has 0 aromatic heterocycles. The largest absolute Gasteiger partial charge is 0.497 e. The quantitative estimate of drug-likeness (QED) is 0.594. The monoisotopic (exact) mass is 357 g/mol. The number of nitrogens with one attached hydrogen (secondary N) is 3. The lowest BCUT2D eigenvalue weighted by Crippen LogP contribution is -2.38. The third-order valence-electron chi connectivity index (χ3n) is 3.63. The maximum atomic E-state index is 12.0. The van der Waals surface area contributed by atoms with Crippen LogP contribution in [0.15, 0.2) is 48.5 Å². The average molecular weight is 357 g/mol. The van der Waals surface area contributed by atoms with Crippen molar-refractivity contribution in [3.63, 3.8) is 0 Å². The summed E-state index contributed by atoms with van der Waals surface area (Å²) in [5.41, 5.74) is 1.41. The van der Waals surface area contributed by atoms with Gasteiger partial charge in [-0.05, 0) is 48.5 Å². The number of methoxy groups -OCH3 is 2. The second kappa shape index (κ2) is 9.93. The van der Waals surface area contributed by atoms with Crippen molar-refractivity contribution < 1.29 is 19.1 Å². The lowest BCUT2D eigenvalue weighted by molar-refractivity contribution is -0.120. The smallest absolute Gasteiger partial charge is 0.251 e. The molecule has 2 amide bonds. The number of hydrogen-bond acceptors (Lipinski definition) is 5. The average Bonchev–Trinajstić information content (AvgIpc) is 2.70. The molecule has 26 heavy (non-hydrogen) atoms. The highest BCUT2D eigenvalue weighted by Crippen LogP contribution is 2.14. The molecule has 0 aliphatic heterocycles. The van der Waals surface area contributed by atoms with E-state index >= 15 is 0 Å². The van der Waals surface area contributed by atoms with Crippen molar-refractivity contribution in [3.8, 4) is 11.5 Å². The lowest BCUT2D eigenvalue weighted by atomic mass is 10.2. The minimum absolute atomic E-state index is 0.0760. The van der Waals surface area contributed by atoms with E-state index in [2.05, 4.69) is 16.0 Å². The molecular formula is C19H23N3O4. The van der Waals surface area contributed by atoms with Crippen LogP contribution >= 0.6 is 0 Å². The number of benzene rings is 2. The maximum absolute atomic E-state index is 12.0. The zero-order valence-corrected chi connectivity index (χ0v) is 14.9. The van der Waals surface area contributed by atoms with Gasteiger partial charge in [-0.2, -0.15) is 0 Å². The third-order valence-corrected chi connectivity index (χ3v) is 3.63. The Morgan fingerprint density at radius 1 is 0.808 bits per heavy atom. The Bertz CT molecular complexity index is 715. The van der Waals surface area contributed by atoms with Gasteiger partial charge in [0.25, 0.3) is 5.91 Å². The SMILES string of the molecule is COc1ccc(NCCNC(=O)CNC(=O)c2ccc(OC)cc2)cc1. The topological polar surface area (TPSA) is 88.7 Å². The fourth-order valence-corrected chi connectivity index (χ4v) is 2.19. The van der Waals surface area contributed by atoms with Gasteiger partial charge in [-0.25, -0.2) is 0 Å². The van der Waals surface area contributed by atoms with Crippen LogP contribution in [-0.4, -0.2) is 45.7 Å². The Kier molecular flexibility index (Phi) is 7.30. The fraction of sp³-hybridized carbons (Fsp3) is 0.263. The first kappa shape index (κ1) is 19.1. The number of carbonyl (C=O) groups excluding carboxylic acids is 2. The molecule has 0 aliphatic rings. The minimum Gasteiger partial charge on any atom is -0.497 e. The summed E-state index contributed by atoms with van der Waals surface area (Å²) in [4.78, 5) is 23.7. The van der Waals surface area contributed by atoms with Crippen LogP contribution in [-0.2, 0) is 4.79 Å². The predicted molar refractivity (Wildman–Crippen MR) is 99.8 cm³/mol. The van der Waals surface area contributed by atoms with Crippen LogP contribution in [0.4, 0.5) is 5.69 Å². The highest BCUT2D eigenvalue weighted by atomic mass is 16.5. The first-order chi connectivity index (χ1) is 12.6. The van der Waals surface area contributed by atoms with Crippen LogP contribution in [0, 0.1) is 0 Å². The second-order valence-electron chi connectivity index (χ2n) is 5.42. The van der Waals surface area contributed by atoms with Gasteiger partial charge in [0.2, 0.25) is 5.91 Å². The number of anilines is 1. The van der Waals surface area contributed by atoms with Gasteiger partial charge in [-0.1, -0.05) is 0 Å². The number of ether oxygens (including phenoxy) is 2. The molecule has 0 radical (unpaired) electrons. The van der Waals surface area contributed by atoms with Gasteiger partial charge < -0.3 is 25.4 Å². The first-order valence-corrected chi connectivity index (χ1v) is 8.19. The molecule has 2 aromatic carbocycles. The number of amides is 2. The highest BCUT2D eigenvalue weighted by Gasteiger charge is 2.07. The van der Waals surface area contributed by atoms with Gasteiger partial charge in [-0.15, -0.1) is 0 Å². The minimum atomic E-state index is -0.306. The van der Waals surface area contributed by atoms with Crippen LogP contribution in [0.3, 0.4) is 0 Å². The summed E-state index contributed by atoms with van der Waals surface area (Å²) in [6.45, 7) is 0.946. The van der Waals surface area contributed by atoms with Gasteiger partial charge in [0.15, 0.2) is 0 Å². The maximum Gasteiger partial charge on any atom is 0.251 e. The van der Waals surface area contributed by atoms with E-state index < -0.39 is 0 Å². The van der Waals surface area contributed by atoms with E-state index in [1.165, 1.54) is 0 Å². The van der Waals surface area contributed by atoms with Crippen LogP contribution < -0.4 is 25.4 Å². The molecule has 138 valence electrons. The summed E-state index contributed by atoms with van der Waals surface area (Å²) in [6.07, 6.45) is 0. The van der Waals surface area contributed by atoms with Gasteiger partial charge in [0.05, 0.1) is 20.8 Å². The van der Waals surface area contributed by atoms with E-state index in [1.807, 2.05) is 24.3 Å². The number of rotatable bonds is 9. The van der Waals surface area contributed by atoms with E-state index in [0.717, 1.165) is 11.4 Å². The molecular weight excluding hydrogens is 334 g/mol. The van der Waals surface area contributed by atoms with Crippen LogP contribution in [0.25, 0.3) is 0 Å². The molecule has 2 rings (SSSR count). The molecule has 0 saturated carbocycles. The van der Waals surface area contributed by atoms with E-state index in [9.17, 15) is 9.59 Å². The molecule has 2 aromatic rings. The molecule has 0 atom stereocenters. The molecule has 0 spiro atoms. The van der Waals surface area contributed by atoms with Crippen molar-refractivity contribution in [1.29, 1.82) is 0 Å².